The first-order chi connectivity index (χ1) is 16.1. The van der Waals surface area contributed by atoms with E-state index >= 15 is 0 Å². The summed E-state index contributed by atoms with van der Waals surface area (Å²) < 4.78 is 65.5. The Hall–Kier alpha value is -3.89. The SMILES string of the molecule is CCn1cc(NC(=O)c2ccc(COc3c(F)c(F)cc(F)c3F)cc2)c(C(=O)OC(C)C)n1. The Labute approximate surface area is 192 Å². The number of aromatic nitrogens is 2. The maximum atomic E-state index is 13.7. The van der Waals surface area contributed by atoms with Gasteiger partial charge in [-0.3, -0.25) is 9.48 Å². The Kier molecular flexibility index (Phi) is 7.54. The number of amides is 1. The molecule has 1 N–H and O–H groups in total. The van der Waals surface area contributed by atoms with Crippen LogP contribution in [0.25, 0.3) is 0 Å². The molecule has 34 heavy (non-hydrogen) atoms. The molecule has 1 amide bonds. The third-order valence-electron chi connectivity index (χ3n) is 4.54. The number of aryl methyl sites for hydroxylation is 1. The van der Waals surface area contributed by atoms with E-state index in [2.05, 4.69) is 10.4 Å². The van der Waals surface area contributed by atoms with Crippen molar-refractivity contribution in [3.8, 4) is 5.75 Å². The number of benzene rings is 2. The van der Waals surface area contributed by atoms with Gasteiger partial charge in [0.1, 0.15) is 6.61 Å². The van der Waals surface area contributed by atoms with Crippen LogP contribution in [0.3, 0.4) is 0 Å². The predicted octanol–water partition coefficient (Wildman–Crippen LogP) is 4.86. The monoisotopic (exact) mass is 479 g/mol. The Morgan fingerprint density at radius 3 is 2.24 bits per heavy atom. The molecule has 0 fully saturated rings. The molecule has 0 saturated carbocycles. The van der Waals surface area contributed by atoms with Gasteiger partial charge in [-0.25, -0.2) is 13.6 Å². The van der Waals surface area contributed by atoms with Crippen LogP contribution in [0.5, 0.6) is 5.75 Å². The van der Waals surface area contributed by atoms with Crippen molar-refractivity contribution in [3.05, 3.63) is 76.6 Å². The molecule has 0 saturated heterocycles. The lowest BCUT2D eigenvalue weighted by Crippen LogP contribution is -2.17. The number of nitrogens with zero attached hydrogens (tertiary/aromatic N) is 2. The minimum Gasteiger partial charge on any atom is -0.483 e. The van der Waals surface area contributed by atoms with Crippen LogP contribution in [0.2, 0.25) is 0 Å². The minimum atomic E-state index is -1.64. The maximum Gasteiger partial charge on any atom is 0.361 e. The summed E-state index contributed by atoms with van der Waals surface area (Å²) in [5, 5.41) is 6.72. The molecule has 0 spiro atoms. The number of carbonyl (C=O) groups is 2. The van der Waals surface area contributed by atoms with E-state index in [0.717, 1.165) is 0 Å². The van der Waals surface area contributed by atoms with E-state index in [1.54, 1.807) is 13.8 Å². The number of hydrogen-bond donors (Lipinski definition) is 1. The van der Waals surface area contributed by atoms with E-state index in [1.165, 1.54) is 35.1 Å². The van der Waals surface area contributed by atoms with Crippen molar-refractivity contribution >= 4 is 17.6 Å². The van der Waals surface area contributed by atoms with Gasteiger partial charge in [-0.15, -0.1) is 0 Å². The maximum absolute atomic E-state index is 13.7. The Morgan fingerprint density at radius 2 is 1.68 bits per heavy atom. The molecular formula is C23H21F4N3O4. The molecule has 3 rings (SSSR count). The van der Waals surface area contributed by atoms with Gasteiger partial charge in [0.25, 0.3) is 5.91 Å². The van der Waals surface area contributed by atoms with E-state index in [1.807, 2.05) is 6.92 Å². The number of nitrogens with one attached hydrogen (secondary N) is 1. The molecule has 1 heterocycles. The van der Waals surface area contributed by atoms with Gasteiger partial charge in [-0.05, 0) is 38.5 Å². The lowest BCUT2D eigenvalue weighted by molar-refractivity contribution is 0.0371. The number of hydrogen-bond acceptors (Lipinski definition) is 5. The lowest BCUT2D eigenvalue weighted by atomic mass is 10.1. The molecule has 11 heteroatoms. The lowest BCUT2D eigenvalue weighted by Gasteiger charge is -2.10. The normalized spacial score (nSPS) is 10.9. The van der Waals surface area contributed by atoms with Crippen LogP contribution in [0.1, 0.15) is 47.2 Å². The molecule has 0 bridgehead atoms. The zero-order valence-electron chi connectivity index (χ0n) is 18.5. The number of esters is 1. The van der Waals surface area contributed by atoms with E-state index in [0.29, 0.717) is 12.1 Å². The van der Waals surface area contributed by atoms with Crippen molar-refractivity contribution in [1.82, 2.24) is 9.78 Å². The molecule has 0 aliphatic heterocycles. The predicted molar refractivity (Wildman–Crippen MR) is 113 cm³/mol. The van der Waals surface area contributed by atoms with Crippen LogP contribution in [-0.2, 0) is 17.9 Å². The van der Waals surface area contributed by atoms with Gasteiger partial charge in [-0.1, -0.05) is 12.1 Å². The highest BCUT2D eigenvalue weighted by Gasteiger charge is 2.22. The molecular weight excluding hydrogens is 458 g/mol. The van der Waals surface area contributed by atoms with Gasteiger partial charge < -0.3 is 14.8 Å². The first kappa shape index (κ1) is 24.7. The molecule has 0 unspecified atom stereocenters. The summed E-state index contributed by atoms with van der Waals surface area (Å²) in [4.78, 5) is 24.9. The van der Waals surface area contributed by atoms with Crippen LogP contribution < -0.4 is 10.1 Å². The summed E-state index contributed by atoms with van der Waals surface area (Å²) in [6, 6.07) is 5.77. The van der Waals surface area contributed by atoms with Gasteiger partial charge >= 0.3 is 5.97 Å². The van der Waals surface area contributed by atoms with E-state index in [4.69, 9.17) is 9.47 Å². The summed E-state index contributed by atoms with van der Waals surface area (Å²) in [5.41, 5.74) is 0.703. The average Bonchev–Trinajstić information content (AvgIpc) is 3.20. The summed E-state index contributed by atoms with van der Waals surface area (Å²) in [7, 11) is 0. The zero-order valence-corrected chi connectivity index (χ0v) is 18.5. The third-order valence-corrected chi connectivity index (χ3v) is 4.54. The smallest absolute Gasteiger partial charge is 0.361 e. The van der Waals surface area contributed by atoms with E-state index in [-0.39, 0.29) is 29.1 Å². The summed E-state index contributed by atoms with van der Waals surface area (Å²) in [6.07, 6.45) is 1.13. The number of carbonyl (C=O) groups excluding carboxylic acids is 2. The van der Waals surface area contributed by atoms with Crippen LogP contribution in [0.4, 0.5) is 23.2 Å². The first-order valence-electron chi connectivity index (χ1n) is 10.2. The highest BCUT2D eigenvalue weighted by atomic mass is 19.2. The van der Waals surface area contributed by atoms with Crippen molar-refractivity contribution in [2.24, 2.45) is 0 Å². The molecule has 7 nitrogen and oxygen atoms in total. The largest absolute Gasteiger partial charge is 0.483 e. The van der Waals surface area contributed by atoms with Crippen LogP contribution in [-0.4, -0.2) is 27.8 Å². The quantitative estimate of drug-likeness (QED) is 0.284. The van der Waals surface area contributed by atoms with Crippen molar-refractivity contribution in [2.75, 3.05) is 5.32 Å². The second kappa shape index (κ2) is 10.4. The fourth-order valence-corrected chi connectivity index (χ4v) is 2.88. The molecule has 0 radical (unpaired) electrons. The van der Waals surface area contributed by atoms with Crippen LogP contribution in [0.15, 0.2) is 36.5 Å². The second-order valence-corrected chi connectivity index (χ2v) is 7.44. The van der Waals surface area contributed by atoms with Crippen molar-refractivity contribution < 1.29 is 36.6 Å². The Balaban J connectivity index is 1.71. The number of ether oxygens (including phenoxy) is 2. The van der Waals surface area contributed by atoms with Gasteiger partial charge in [0.05, 0.1) is 11.8 Å². The fourth-order valence-electron chi connectivity index (χ4n) is 2.88. The molecule has 0 aliphatic rings. The van der Waals surface area contributed by atoms with E-state index in [9.17, 15) is 27.2 Å². The Morgan fingerprint density at radius 1 is 1.06 bits per heavy atom. The molecule has 180 valence electrons. The van der Waals surface area contributed by atoms with Crippen molar-refractivity contribution in [3.63, 3.8) is 0 Å². The fraction of sp³-hybridized carbons (Fsp3) is 0.261. The standard InChI is InChI=1S/C23H21F4N3O4/c1-4-30-10-17(20(29-30)23(32)34-12(2)3)28-22(31)14-7-5-13(6-8-14)11-33-21-18(26)15(24)9-16(25)19(21)27/h5-10,12H,4,11H2,1-3H3,(H,28,31). The zero-order chi connectivity index (χ0) is 25.0. The summed E-state index contributed by atoms with van der Waals surface area (Å²) in [6.45, 7) is 5.24. The first-order valence-corrected chi connectivity index (χ1v) is 10.2. The van der Waals surface area contributed by atoms with Gasteiger partial charge in [-0.2, -0.15) is 13.9 Å². The minimum absolute atomic E-state index is 0.0414. The number of halogens is 4. The summed E-state index contributed by atoms with van der Waals surface area (Å²) in [5.74, 6) is -8.85. The highest BCUT2D eigenvalue weighted by molar-refractivity contribution is 6.07. The van der Waals surface area contributed by atoms with Gasteiger partial charge in [0.15, 0.2) is 23.1 Å². The van der Waals surface area contributed by atoms with E-state index < -0.39 is 47.5 Å². The highest BCUT2D eigenvalue weighted by Crippen LogP contribution is 2.27. The van der Waals surface area contributed by atoms with Crippen LogP contribution in [0, 0.1) is 23.3 Å². The molecule has 0 aliphatic carbocycles. The molecule has 0 atom stereocenters. The molecule has 2 aromatic carbocycles. The third kappa shape index (κ3) is 5.53. The van der Waals surface area contributed by atoms with Crippen LogP contribution >= 0.6 is 0 Å². The topological polar surface area (TPSA) is 82.5 Å². The van der Waals surface area contributed by atoms with Crippen molar-refractivity contribution in [2.45, 2.75) is 40.0 Å². The van der Waals surface area contributed by atoms with Gasteiger partial charge in [0, 0.05) is 24.4 Å². The number of rotatable bonds is 8. The molecule has 3 aromatic rings. The average molecular weight is 479 g/mol. The summed E-state index contributed by atoms with van der Waals surface area (Å²) >= 11 is 0. The second-order valence-electron chi connectivity index (χ2n) is 7.44. The number of anilines is 1. The molecule has 1 aromatic heterocycles. The Bertz CT molecular complexity index is 1180. The van der Waals surface area contributed by atoms with Gasteiger partial charge in [0.2, 0.25) is 11.6 Å². The van der Waals surface area contributed by atoms with Crippen molar-refractivity contribution in [1.29, 1.82) is 0 Å².